The van der Waals surface area contributed by atoms with E-state index in [-0.39, 0.29) is 1.43 Å². The summed E-state index contributed by atoms with van der Waals surface area (Å²) in [7, 11) is -5.14. The number of hydrogen-bond donors (Lipinski definition) is 1. The fourth-order valence-corrected chi connectivity index (χ4v) is 3.34. The van der Waals surface area contributed by atoms with Crippen LogP contribution in [0.5, 0.6) is 0 Å². The predicted molar refractivity (Wildman–Crippen MR) is 105 cm³/mol. The Morgan fingerprint density at radius 1 is 1.25 bits per heavy atom. The van der Waals surface area contributed by atoms with Crippen LogP contribution in [-0.4, -0.2) is 4.89 Å². The predicted octanol–water partition coefficient (Wildman–Crippen LogP) is 3.55. The summed E-state index contributed by atoms with van der Waals surface area (Å²) >= 11 is 2.26. The normalized spacial score (nSPS) is 11.8. The van der Waals surface area contributed by atoms with Crippen LogP contribution in [0.1, 0.15) is 39.2 Å². The number of alkyl halides is 3. The number of nitrogens with zero attached hydrogens (tertiary/aromatic N) is 1. The number of hydrogen-bond acceptors (Lipinski definition) is 3. The number of aromatic nitrogens is 1. The van der Waals surface area contributed by atoms with Gasteiger partial charge < -0.3 is 19.2 Å². The van der Waals surface area contributed by atoms with E-state index in [4.69, 9.17) is 19.2 Å². The van der Waals surface area contributed by atoms with Gasteiger partial charge in [0.25, 0.3) is 0 Å². The third-order valence-corrected chi connectivity index (χ3v) is 5.07. The summed E-state index contributed by atoms with van der Waals surface area (Å²) in [6.45, 7) is 4.96. The number of pyridine rings is 1. The Hall–Kier alpha value is -1.00. The van der Waals surface area contributed by atoms with Gasteiger partial charge in [0.15, 0.2) is 12.4 Å². The zero-order valence-electron chi connectivity index (χ0n) is 16.4. The van der Waals surface area contributed by atoms with Gasteiger partial charge in [0.2, 0.25) is 0 Å². The van der Waals surface area contributed by atoms with Gasteiger partial charge in [0.05, 0.1) is 18.9 Å². The minimum atomic E-state index is -5.14. The van der Waals surface area contributed by atoms with Crippen molar-refractivity contribution in [1.82, 2.24) is 0 Å². The van der Waals surface area contributed by atoms with Gasteiger partial charge in [-0.25, -0.2) is 4.57 Å². The number of unbranched alkanes of at least 4 members (excludes halogenated alkanes) is 1. The van der Waals surface area contributed by atoms with Crippen LogP contribution < -0.4 is 14.4 Å². The fourth-order valence-electron chi connectivity index (χ4n) is 2.48. The molecule has 0 unspecified atom stereocenters. The van der Waals surface area contributed by atoms with Crippen LogP contribution >= 0.6 is 30.4 Å². The summed E-state index contributed by atoms with van der Waals surface area (Å²) in [5.74, 6) is 0. The van der Waals surface area contributed by atoms with E-state index in [9.17, 15) is 13.2 Å². The molecule has 0 amide bonds. The summed E-state index contributed by atoms with van der Waals surface area (Å²) in [5.41, 5.74) is 2.08. The third-order valence-electron chi connectivity index (χ3n) is 3.80. The van der Waals surface area contributed by atoms with Crippen LogP contribution in [0.15, 0.2) is 36.7 Å². The highest BCUT2D eigenvalue weighted by Gasteiger charge is 2.30. The second-order valence-electron chi connectivity index (χ2n) is 5.99. The average Bonchev–Trinajstić information content (AvgIpc) is 2.59. The molecule has 0 aliphatic carbocycles. The van der Waals surface area contributed by atoms with E-state index in [1.54, 1.807) is 6.07 Å². The quantitative estimate of drug-likeness (QED) is 0.364. The molecule has 1 heterocycles. The van der Waals surface area contributed by atoms with Crippen LogP contribution in [0.2, 0.25) is 0 Å². The van der Waals surface area contributed by atoms with E-state index < -0.39 is 19.6 Å². The first-order valence-corrected chi connectivity index (χ1v) is 11.1. The first-order valence-electron chi connectivity index (χ1n) is 8.50. The first kappa shape index (κ1) is 25.0. The molecule has 28 heavy (non-hydrogen) atoms. The third kappa shape index (κ3) is 8.57. The highest BCUT2D eigenvalue weighted by atomic mass is 127. The molecule has 0 saturated heterocycles. The van der Waals surface area contributed by atoms with Crippen LogP contribution in [0.25, 0.3) is 11.1 Å². The molecule has 0 aliphatic rings. The SMILES string of the molecule is CCCCc1c[n+](CC)cc(-c2cccc(C(F)(F)F)c2)c1I.O=P([O-])([O-])O.[H+]. The van der Waals surface area contributed by atoms with Crippen LogP contribution in [0.4, 0.5) is 13.2 Å². The van der Waals surface area contributed by atoms with Gasteiger partial charge in [0, 0.05) is 9.13 Å². The van der Waals surface area contributed by atoms with E-state index >= 15 is 0 Å². The molecule has 0 saturated carbocycles. The van der Waals surface area contributed by atoms with Gasteiger partial charge in [-0.3, -0.25) is 0 Å². The topological polar surface area (TPSA) is 87.3 Å². The van der Waals surface area contributed by atoms with Crippen molar-refractivity contribution in [2.24, 2.45) is 0 Å². The fraction of sp³-hybridized carbons (Fsp3) is 0.389. The highest BCUT2D eigenvalue weighted by Crippen LogP contribution is 2.34. The summed E-state index contributed by atoms with van der Waals surface area (Å²) in [6.07, 6.45) is 2.84. The van der Waals surface area contributed by atoms with Crippen molar-refractivity contribution in [3.63, 3.8) is 0 Å². The minimum Gasteiger partial charge on any atom is -0.790 e. The molecule has 5 nitrogen and oxygen atoms in total. The standard InChI is InChI=1S/C18H20F3IN.H3O4P/c1-3-5-7-14-11-23(4-2)12-16(17(14)22)13-8-6-9-15(10-13)18(19,20)21;1-5(2,3)4/h6,8-12H,3-5,7H2,1-2H3;(H3,1,2,3,4)/q+1;/p-1. The molecule has 2 rings (SSSR count). The summed E-state index contributed by atoms with van der Waals surface area (Å²) in [4.78, 5) is 24.3. The first-order chi connectivity index (χ1) is 12.9. The Morgan fingerprint density at radius 2 is 1.86 bits per heavy atom. The molecule has 10 heteroatoms. The molecule has 0 bridgehead atoms. The Balaban J connectivity index is 0.00000117. The lowest BCUT2D eigenvalue weighted by Gasteiger charge is -2.19. The van der Waals surface area contributed by atoms with Gasteiger partial charge in [-0.2, -0.15) is 13.2 Å². The summed E-state index contributed by atoms with van der Waals surface area (Å²) in [6, 6.07) is 5.58. The minimum absolute atomic E-state index is 0. The van der Waals surface area contributed by atoms with Gasteiger partial charge in [-0.1, -0.05) is 25.5 Å². The van der Waals surface area contributed by atoms with Crippen molar-refractivity contribution < 1.29 is 38.4 Å². The maximum Gasteiger partial charge on any atom is 1.00 e. The second kappa shape index (κ2) is 10.7. The zero-order valence-corrected chi connectivity index (χ0v) is 18.4. The van der Waals surface area contributed by atoms with Crippen LogP contribution in [0, 0.1) is 3.57 Å². The van der Waals surface area contributed by atoms with E-state index in [0.717, 1.165) is 41.0 Å². The van der Waals surface area contributed by atoms with E-state index in [1.165, 1.54) is 17.7 Å². The zero-order chi connectivity index (χ0) is 21.5. The van der Waals surface area contributed by atoms with Crippen LogP contribution in [0.3, 0.4) is 0 Å². The lowest BCUT2D eigenvalue weighted by molar-refractivity contribution is -0.693. The molecule has 0 spiro atoms. The molecule has 156 valence electrons. The Bertz CT molecular complexity index is 838. The largest absolute Gasteiger partial charge is 1.00 e. The number of rotatable bonds is 5. The maximum atomic E-state index is 13.0. The number of halogens is 4. The molecule has 0 aliphatic heterocycles. The number of phosphoric acid groups is 1. The smallest absolute Gasteiger partial charge is 0.790 e. The maximum absolute atomic E-state index is 13.0. The Morgan fingerprint density at radius 3 is 2.36 bits per heavy atom. The van der Waals surface area contributed by atoms with Crippen molar-refractivity contribution >= 4 is 30.4 Å². The van der Waals surface area contributed by atoms with E-state index in [2.05, 4.69) is 35.7 Å². The molecule has 1 N–H and O–H groups in total. The second-order valence-corrected chi connectivity index (χ2v) is 8.01. The van der Waals surface area contributed by atoms with Crippen molar-refractivity contribution in [1.29, 1.82) is 0 Å². The highest BCUT2D eigenvalue weighted by molar-refractivity contribution is 14.1. The Kier molecular flexibility index (Phi) is 9.55. The lowest BCUT2D eigenvalue weighted by atomic mass is 10.0. The molecular formula is C18H22F3INO4P. The van der Waals surface area contributed by atoms with E-state index in [1.807, 2.05) is 17.7 Å². The molecule has 0 radical (unpaired) electrons. The van der Waals surface area contributed by atoms with Crippen molar-refractivity contribution in [3.8, 4) is 11.1 Å². The Labute approximate surface area is 177 Å². The monoisotopic (exact) mass is 531 g/mol. The summed E-state index contributed by atoms with van der Waals surface area (Å²) < 4.78 is 50.7. The van der Waals surface area contributed by atoms with Crippen LogP contribution in [-0.2, 0) is 23.7 Å². The van der Waals surface area contributed by atoms with E-state index in [0.29, 0.717) is 5.56 Å². The van der Waals surface area contributed by atoms with Crippen molar-refractivity contribution in [3.05, 3.63) is 51.4 Å². The molecule has 0 fully saturated rings. The molecule has 1 aromatic carbocycles. The van der Waals surface area contributed by atoms with Crippen molar-refractivity contribution in [2.45, 2.75) is 45.8 Å². The van der Waals surface area contributed by atoms with Gasteiger partial charge in [0.1, 0.15) is 6.54 Å². The van der Waals surface area contributed by atoms with Gasteiger partial charge in [-0.05, 0) is 60.1 Å². The number of aryl methyl sites for hydroxylation is 2. The average molecular weight is 531 g/mol. The summed E-state index contributed by atoms with van der Waals surface area (Å²) in [5, 5.41) is 0. The van der Waals surface area contributed by atoms with Gasteiger partial charge in [-0.15, -0.1) is 0 Å². The van der Waals surface area contributed by atoms with Crippen molar-refractivity contribution in [2.75, 3.05) is 0 Å². The lowest BCUT2D eigenvalue weighted by Crippen LogP contribution is -2.33. The molecule has 2 aromatic rings. The number of benzene rings is 1. The molecule has 1 aromatic heterocycles. The van der Waals surface area contributed by atoms with Gasteiger partial charge >= 0.3 is 7.60 Å². The molecule has 0 atom stereocenters. The molecular weight excluding hydrogens is 509 g/mol.